The average Bonchev–Trinajstić information content (AvgIpc) is 3.08. The van der Waals surface area contributed by atoms with Crippen LogP contribution in [0.15, 0.2) is 29.7 Å². The number of hydrogen-bond acceptors (Lipinski definition) is 4. The van der Waals surface area contributed by atoms with Gasteiger partial charge >= 0.3 is 0 Å². The molecule has 3 aliphatic rings. The van der Waals surface area contributed by atoms with Gasteiger partial charge in [0.05, 0.1) is 0 Å². The van der Waals surface area contributed by atoms with E-state index < -0.39 is 11.6 Å². The molecule has 0 aromatic heterocycles. The van der Waals surface area contributed by atoms with Gasteiger partial charge in [0.15, 0.2) is 11.6 Å². The van der Waals surface area contributed by atoms with Crippen LogP contribution in [0, 0.1) is 17.0 Å². The predicted octanol–water partition coefficient (Wildman–Crippen LogP) is 3.06. The van der Waals surface area contributed by atoms with Crippen molar-refractivity contribution in [1.29, 1.82) is 0 Å². The number of nitrogens with zero attached hydrogens (tertiary/aromatic N) is 2. The molecule has 0 aliphatic carbocycles. The third-order valence-corrected chi connectivity index (χ3v) is 6.02. The third kappa shape index (κ3) is 3.85. The van der Waals surface area contributed by atoms with Crippen molar-refractivity contribution in [1.82, 2.24) is 9.80 Å². The number of halogens is 2. The molecule has 1 aromatic rings. The number of carbonyl (C=O) groups is 1. The van der Waals surface area contributed by atoms with Crippen LogP contribution in [-0.2, 0) is 20.8 Å². The number of hydrogen-bond donors (Lipinski definition) is 0. The van der Waals surface area contributed by atoms with Crippen LogP contribution in [0.5, 0.6) is 0 Å². The molecule has 4 rings (SSSR count). The van der Waals surface area contributed by atoms with E-state index in [1.54, 1.807) is 13.0 Å². The second kappa shape index (κ2) is 7.70. The van der Waals surface area contributed by atoms with E-state index in [-0.39, 0.29) is 11.3 Å². The Kier molecular flexibility index (Phi) is 5.27. The fourth-order valence-electron chi connectivity index (χ4n) is 4.64. The highest BCUT2D eigenvalue weighted by molar-refractivity contribution is 5.92. The van der Waals surface area contributed by atoms with Crippen LogP contribution in [0.1, 0.15) is 31.7 Å². The second-order valence-corrected chi connectivity index (χ2v) is 8.12. The summed E-state index contributed by atoms with van der Waals surface area (Å²) < 4.78 is 37.7. The van der Waals surface area contributed by atoms with Gasteiger partial charge in [-0.15, -0.1) is 0 Å². The van der Waals surface area contributed by atoms with Crippen molar-refractivity contribution >= 4 is 5.91 Å². The molecule has 2 fully saturated rings. The zero-order valence-corrected chi connectivity index (χ0v) is 16.2. The first-order valence-corrected chi connectivity index (χ1v) is 9.88. The monoisotopic (exact) mass is 392 g/mol. The summed E-state index contributed by atoms with van der Waals surface area (Å²) in [6.07, 6.45) is 3.05. The maximum absolute atomic E-state index is 13.5. The Bertz CT molecular complexity index is 798. The Hall–Kier alpha value is -2.15. The van der Waals surface area contributed by atoms with Gasteiger partial charge in [-0.2, -0.15) is 0 Å². The summed E-state index contributed by atoms with van der Waals surface area (Å²) in [4.78, 5) is 17.0. The molecule has 5 nitrogen and oxygen atoms in total. The van der Waals surface area contributed by atoms with Crippen molar-refractivity contribution in [2.45, 2.75) is 32.7 Å². The number of allylic oxidation sites excluding steroid dienone is 1. The van der Waals surface area contributed by atoms with Crippen molar-refractivity contribution in [2.75, 3.05) is 39.4 Å². The highest BCUT2D eigenvalue weighted by Crippen LogP contribution is 2.40. The lowest BCUT2D eigenvalue weighted by Crippen LogP contribution is -2.45. The summed E-state index contributed by atoms with van der Waals surface area (Å²) in [5, 5.41) is 0. The Balaban J connectivity index is 1.41. The Morgan fingerprint density at radius 2 is 1.93 bits per heavy atom. The first-order valence-electron chi connectivity index (χ1n) is 9.88. The van der Waals surface area contributed by atoms with Crippen LogP contribution < -0.4 is 0 Å². The molecule has 1 spiro atoms. The van der Waals surface area contributed by atoms with Crippen LogP contribution in [0.3, 0.4) is 0 Å². The molecular formula is C21H26F2N2O3. The quantitative estimate of drug-likeness (QED) is 0.793. The summed E-state index contributed by atoms with van der Waals surface area (Å²) >= 11 is 0. The fraction of sp³-hybridized carbons (Fsp3) is 0.571. The highest BCUT2D eigenvalue weighted by atomic mass is 19.2. The smallest absolute Gasteiger partial charge is 0.292 e. The van der Waals surface area contributed by atoms with Crippen LogP contribution in [-0.4, -0.2) is 55.1 Å². The normalized spacial score (nSPS) is 25.8. The van der Waals surface area contributed by atoms with Crippen molar-refractivity contribution in [3.05, 3.63) is 46.9 Å². The van der Waals surface area contributed by atoms with E-state index in [0.29, 0.717) is 44.4 Å². The molecule has 0 radical (unpaired) electrons. The van der Waals surface area contributed by atoms with Gasteiger partial charge in [0.1, 0.15) is 19.0 Å². The van der Waals surface area contributed by atoms with Gasteiger partial charge in [-0.3, -0.25) is 9.69 Å². The Morgan fingerprint density at radius 3 is 2.71 bits per heavy atom. The molecule has 3 aliphatic heterocycles. The summed E-state index contributed by atoms with van der Waals surface area (Å²) in [6, 6.07) is 4.10. The molecule has 152 valence electrons. The molecule has 0 saturated carbocycles. The van der Waals surface area contributed by atoms with Gasteiger partial charge < -0.3 is 14.4 Å². The number of likely N-dealkylation sites (tertiary alicyclic amines) is 2. The number of amides is 1. The highest BCUT2D eigenvalue weighted by Gasteiger charge is 2.44. The maximum atomic E-state index is 13.5. The van der Waals surface area contributed by atoms with E-state index in [2.05, 4.69) is 4.90 Å². The molecule has 7 heteroatoms. The molecule has 1 atom stereocenters. The number of benzene rings is 1. The van der Waals surface area contributed by atoms with E-state index in [9.17, 15) is 13.6 Å². The maximum Gasteiger partial charge on any atom is 0.292 e. The van der Waals surface area contributed by atoms with Crippen molar-refractivity contribution < 1.29 is 23.0 Å². The topological polar surface area (TPSA) is 42.0 Å². The molecule has 28 heavy (non-hydrogen) atoms. The first-order chi connectivity index (χ1) is 13.5. The van der Waals surface area contributed by atoms with Gasteiger partial charge in [-0.05, 0) is 50.4 Å². The molecule has 1 unspecified atom stereocenters. The van der Waals surface area contributed by atoms with Crippen LogP contribution in [0.4, 0.5) is 8.78 Å². The number of rotatable bonds is 3. The van der Waals surface area contributed by atoms with Crippen molar-refractivity contribution in [2.24, 2.45) is 5.41 Å². The Labute approximate surface area is 163 Å². The number of carbonyl (C=O) groups excluding carboxylic acids is 1. The summed E-state index contributed by atoms with van der Waals surface area (Å²) in [7, 11) is 0. The molecule has 3 heterocycles. The lowest BCUT2D eigenvalue weighted by molar-refractivity contribution is -0.132. The molecule has 2 saturated heterocycles. The van der Waals surface area contributed by atoms with Gasteiger partial charge in [0.25, 0.3) is 5.91 Å². The van der Waals surface area contributed by atoms with Gasteiger partial charge in [-0.25, -0.2) is 8.78 Å². The predicted molar refractivity (Wildman–Crippen MR) is 99.1 cm³/mol. The lowest BCUT2D eigenvalue weighted by atomic mass is 9.79. The van der Waals surface area contributed by atoms with E-state index in [0.717, 1.165) is 37.9 Å². The summed E-state index contributed by atoms with van der Waals surface area (Å²) in [5.74, 6) is -0.826. The Morgan fingerprint density at radius 1 is 1.11 bits per heavy atom. The van der Waals surface area contributed by atoms with E-state index in [1.807, 2.05) is 4.90 Å². The SMILES string of the molecule is CC1=C(C(=O)N2CCC3(CCCN(Cc4ccc(F)c(F)c4)C3)C2)OCCO1. The minimum absolute atomic E-state index is 0.0521. The number of piperidine rings is 1. The van der Waals surface area contributed by atoms with E-state index >= 15 is 0 Å². The van der Waals surface area contributed by atoms with E-state index in [1.165, 1.54) is 12.1 Å². The minimum Gasteiger partial charge on any atom is -0.491 e. The standard InChI is InChI=1S/C21H26F2N2O3/c1-15-19(28-10-9-27-15)20(26)25-8-6-21(14-25)5-2-7-24(13-21)12-16-3-4-17(22)18(23)11-16/h3-4,11H,2,5-10,12-14H2,1H3. The zero-order valence-electron chi connectivity index (χ0n) is 16.2. The lowest BCUT2D eigenvalue weighted by Gasteiger charge is -2.40. The van der Waals surface area contributed by atoms with Gasteiger partial charge in [0, 0.05) is 31.6 Å². The fourth-order valence-corrected chi connectivity index (χ4v) is 4.64. The molecule has 1 aromatic carbocycles. The van der Waals surface area contributed by atoms with Crippen LogP contribution in [0.25, 0.3) is 0 Å². The minimum atomic E-state index is -0.817. The van der Waals surface area contributed by atoms with Gasteiger partial charge in [-0.1, -0.05) is 6.07 Å². The number of ether oxygens (including phenoxy) is 2. The van der Waals surface area contributed by atoms with Crippen LogP contribution in [0.2, 0.25) is 0 Å². The third-order valence-electron chi connectivity index (χ3n) is 6.02. The zero-order chi connectivity index (χ0) is 19.7. The average molecular weight is 392 g/mol. The van der Waals surface area contributed by atoms with Gasteiger partial charge in [0.2, 0.25) is 5.76 Å². The second-order valence-electron chi connectivity index (χ2n) is 8.12. The largest absolute Gasteiger partial charge is 0.491 e. The first kappa shape index (κ1) is 19.2. The molecule has 1 amide bonds. The summed E-state index contributed by atoms with van der Waals surface area (Å²) in [5.41, 5.74) is 0.826. The van der Waals surface area contributed by atoms with Crippen LogP contribution >= 0.6 is 0 Å². The van der Waals surface area contributed by atoms with E-state index in [4.69, 9.17) is 9.47 Å². The van der Waals surface area contributed by atoms with Crippen molar-refractivity contribution in [3.63, 3.8) is 0 Å². The summed E-state index contributed by atoms with van der Waals surface area (Å²) in [6.45, 7) is 6.42. The molecule has 0 N–H and O–H groups in total. The molecule has 0 bridgehead atoms. The van der Waals surface area contributed by atoms with Crippen molar-refractivity contribution in [3.8, 4) is 0 Å². The molecular weight excluding hydrogens is 366 g/mol.